The second-order valence-electron chi connectivity index (χ2n) is 10.5. The molecule has 0 radical (unpaired) electrons. The normalized spacial score (nSPS) is 12.5. The van der Waals surface area contributed by atoms with Crippen molar-refractivity contribution in [2.45, 2.75) is 45.3 Å². The van der Waals surface area contributed by atoms with E-state index in [1.165, 1.54) is 35.2 Å². The number of nitrogens with one attached hydrogen (secondary N) is 1. The maximum atomic E-state index is 14.8. The van der Waals surface area contributed by atoms with Gasteiger partial charge in [0, 0.05) is 24.1 Å². The molecule has 1 N–H and O–H groups in total. The number of carbonyl (C=O) groups excluding carboxylic acids is 2. The molecule has 1 atom stereocenters. The highest BCUT2D eigenvalue weighted by molar-refractivity contribution is 7.92. The Labute approximate surface area is 255 Å². The van der Waals surface area contributed by atoms with Crippen molar-refractivity contribution in [3.05, 3.63) is 98.7 Å². The maximum Gasteiger partial charge on any atom is 0.244 e. The first-order chi connectivity index (χ1) is 19.1. The topological polar surface area (TPSA) is 86.8 Å². The molecule has 0 fully saturated rings. The Morgan fingerprint density at radius 2 is 1.51 bits per heavy atom. The quantitative estimate of drug-likeness (QED) is 0.271. The molecule has 3 aromatic carbocycles. The molecule has 12 heteroatoms. The molecule has 0 bridgehead atoms. The van der Waals surface area contributed by atoms with Crippen LogP contribution >= 0.6 is 34.8 Å². The van der Waals surface area contributed by atoms with Crippen molar-refractivity contribution in [1.29, 1.82) is 0 Å². The van der Waals surface area contributed by atoms with E-state index < -0.39 is 45.8 Å². The van der Waals surface area contributed by atoms with E-state index in [4.69, 9.17) is 34.8 Å². The van der Waals surface area contributed by atoms with Gasteiger partial charge >= 0.3 is 0 Å². The molecule has 0 unspecified atom stereocenters. The number of carbonyl (C=O) groups is 2. The number of benzene rings is 3. The second kappa shape index (κ2) is 13.4. The fourth-order valence-corrected chi connectivity index (χ4v) is 5.66. The lowest BCUT2D eigenvalue weighted by Crippen LogP contribution is -2.56. The van der Waals surface area contributed by atoms with Crippen LogP contribution in [0.4, 0.5) is 10.1 Å². The van der Waals surface area contributed by atoms with Gasteiger partial charge in [-0.2, -0.15) is 0 Å². The van der Waals surface area contributed by atoms with Crippen LogP contribution in [0.5, 0.6) is 0 Å². The Kier molecular flexibility index (Phi) is 10.7. The van der Waals surface area contributed by atoms with Crippen LogP contribution in [0.1, 0.15) is 31.9 Å². The molecule has 0 aliphatic rings. The Balaban J connectivity index is 2.13. The molecular formula is C29H31Cl3FN3O4S. The summed E-state index contributed by atoms with van der Waals surface area (Å²) in [5.41, 5.74) is 0.188. The third-order valence-corrected chi connectivity index (χ3v) is 8.16. The molecule has 3 aromatic rings. The van der Waals surface area contributed by atoms with E-state index in [2.05, 4.69) is 5.32 Å². The summed E-state index contributed by atoms with van der Waals surface area (Å²) >= 11 is 18.5. The Hall–Kier alpha value is -2.85. The fourth-order valence-electron chi connectivity index (χ4n) is 4.11. The second-order valence-corrected chi connectivity index (χ2v) is 13.7. The molecule has 0 aliphatic carbocycles. The van der Waals surface area contributed by atoms with Gasteiger partial charge in [-0.1, -0.05) is 83.3 Å². The number of anilines is 1. The summed E-state index contributed by atoms with van der Waals surface area (Å²) < 4.78 is 41.5. The Morgan fingerprint density at radius 3 is 2.10 bits per heavy atom. The first-order valence-electron chi connectivity index (χ1n) is 12.6. The zero-order valence-corrected chi connectivity index (χ0v) is 26.1. The molecule has 0 aromatic heterocycles. The Bertz CT molecular complexity index is 1520. The summed E-state index contributed by atoms with van der Waals surface area (Å²) in [5.74, 6) is -1.82. The van der Waals surface area contributed by atoms with E-state index >= 15 is 0 Å². The number of sulfonamides is 1. The highest BCUT2D eigenvalue weighted by Gasteiger charge is 2.35. The molecule has 41 heavy (non-hydrogen) atoms. The van der Waals surface area contributed by atoms with Gasteiger partial charge in [0.2, 0.25) is 21.8 Å². The van der Waals surface area contributed by atoms with Crippen LogP contribution in [0.3, 0.4) is 0 Å². The Morgan fingerprint density at radius 1 is 0.927 bits per heavy atom. The van der Waals surface area contributed by atoms with Crippen molar-refractivity contribution in [2.24, 2.45) is 0 Å². The average molecular weight is 643 g/mol. The van der Waals surface area contributed by atoms with Crippen LogP contribution in [0.15, 0.2) is 66.7 Å². The largest absolute Gasteiger partial charge is 0.350 e. The van der Waals surface area contributed by atoms with Crippen molar-refractivity contribution in [1.82, 2.24) is 10.2 Å². The average Bonchev–Trinajstić information content (AvgIpc) is 2.87. The van der Waals surface area contributed by atoms with E-state index in [1.807, 2.05) is 6.07 Å². The van der Waals surface area contributed by atoms with E-state index in [9.17, 15) is 22.4 Å². The van der Waals surface area contributed by atoms with Gasteiger partial charge in [-0.15, -0.1) is 0 Å². The standard InChI is InChI=1S/C29H31Cl3FN3O4S/c1-29(2,3)34-28(38)26(14-19-10-6-5-7-11-19)35(17-20-12-8-9-13-24(20)33)27(37)18-36(41(4,39)40)25-16-22(31)21(30)15-23(25)32/h5-13,15-16,26H,14,17-18H2,1-4H3,(H,34,38)/t26-/m0/s1. The van der Waals surface area contributed by atoms with Gasteiger partial charge in [0.05, 0.1) is 27.0 Å². The van der Waals surface area contributed by atoms with Crippen molar-refractivity contribution < 1.29 is 22.4 Å². The molecule has 7 nitrogen and oxygen atoms in total. The predicted molar refractivity (Wildman–Crippen MR) is 162 cm³/mol. The summed E-state index contributed by atoms with van der Waals surface area (Å²) in [5, 5.41) is 2.98. The molecule has 3 rings (SSSR count). The zero-order chi connectivity index (χ0) is 30.5. The number of amides is 2. The van der Waals surface area contributed by atoms with Gasteiger partial charge in [0.1, 0.15) is 18.4 Å². The summed E-state index contributed by atoms with van der Waals surface area (Å²) in [4.78, 5) is 28.9. The molecular weight excluding hydrogens is 612 g/mol. The van der Waals surface area contributed by atoms with Gasteiger partial charge in [-0.25, -0.2) is 12.8 Å². The van der Waals surface area contributed by atoms with Crippen LogP contribution in [0.2, 0.25) is 15.1 Å². The van der Waals surface area contributed by atoms with Crippen LogP contribution in [0, 0.1) is 5.82 Å². The molecule has 0 heterocycles. The summed E-state index contributed by atoms with van der Waals surface area (Å²) in [7, 11) is -4.09. The SMILES string of the molecule is CC(C)(C)NC(=O)[C@H](Cc1ccccc1)N(Cc1ccccc1F)C(=O)CN(c1cc(Cl)c(Cl)cc1Cl)S(C)(=O)=O. The molecule has 0 spiro atoms. The van der Waals surface area contributed by atoms with Crippen molar-refractivity contribution in [3.8, 4) is 0 Å². The van der Waals surface area contributed by atoms with Gasteiger partial charge in [-0.05, 0) is 44.5 Å². The first kappa shape index (κ1) is 32.7. The van der Waals surface area contributed by atoms with Crippen molar-refractivity contribution in [2.75, 3.05) is 17.1 Å². The monoisotopic (exact) mass is 641 g/mol. The minimum Gasteiger partial charge on any atom is -0.350 e. The van der Waals surface area contributed by atoms with Gasteiger partial charge in [0.15, 0.2) is 0 Å². The highest BCUT2D eigenvalue weighted by atomic mass is 35.5. The third kappa shape index (κ3) is 9.07. The molecule has 0 saturated heterocycles. The van der Waals surface area contributed by atoms with Crippen molar-refractivity contribution >= 4 is 62.3 Å². The smallest absolute Gasteiger partial charge is 0.244 e. The van der Waals surface area contributed by atoms with Crippen LogP contribution < -0.4 is 9.62 Å². The van der Waals surface area contributed by atoms with E-state index in [0.29, 0.717) is 0 Å². The maximum absolute atomic E-state index is 14.8. The third-order valence-electron chi connectivity index (χ3n) is 6.01. The highest BCUT2D eigenvalue weighted by Crippen LogP contribution is 2.35. The minimum absolute atomic E-state index is 0.0295. The van der Waals surface area contributed by atoms with E-state index in [1.54, 1.807) is 51.1 Å². The van der Waals surface area contributed by atoms with Gasteiger partial charge < -0.3 is 10.2 Å². The fraction of sp³-hybridized carbons (Fsp3) is 0.310. The summed E-state index contributed by atoms with van der Waals surface area (Å²) in [6.45, 7) is 4.35. The summed E-state index contributed by atoms with van der Waals surface area (Å²) in [6, 6.07) is 16.3. The van der Waals surface area contributed by atoms with E-state index in [0.717, 1.165) is 16.1 Å². The van der Waals surface area contributed by atoms with Gasteiger partial charge in [-0.3, -0.25) is 13.9 Å². The molecule has 0 aliphatic heterocycles. The molecule has 2 amide bonds. The minimum atomic E-state index is -4.09. The lowest BCUT2D eigenvalue weighted by Gasteiger charge is -2.35. The van der Waals surface area contributed by atoms with Crippen molar-refractivity contribution in [3.63, 3.8) is 0 Å². The van der Waals surface area contributed by atoms with Crippen LogP contribution in [0.25, 0.3) is 0 Å². The summed E-state index contributed by atoms with van der Waals surface area (Å²) in [6.07, 6.45) is 1.00. The van der Waals surface area contributed by atoms with Crippen LogP contribution in [-0.4, -0.2) is 49.5 Å². The molecule has 220 valence electrons. The number of hydrogen-bond acceptors (Lipinski definition) is 4. The number of nitrogens with zero attached hydrogens (tertiary/aromatic N) is 2. The van der Waals surface area contributed by atoms with E-state index in [-0.39, 0.29) is 39.3 Å². The molecule has 0 saturated carbocycles. The van der Waals surface area contributed by atoms with Crippen LogP contribution in [-0.2, 0) is 32.6 Å². The number of halogens is 4. The lowest BCUT2D eigenvalue weighted by molar-refractivity contribution is -0.140. The van der Waals surface area contributed by atoms with Gasteiger partial charge in [0.25, 0.3) is 0 Å². The first-order valence-corrected chi connectivity index (χ1v) is 15.6. The predicted octanol–water partition coefficient (Wildman–Crippen LogP) is 6.11. The zero-order valence-electron chi connectivity index (χ0n) is 23.0. The number of rotatable bonds is 10. The lowest BCUT2D eigenvalue weighted by atomic mass is 10.0. The number of hydrogen-bond donors (Lipinski definition) is 1.